The van der Waals surface area contributed by atoms with Gasteiger partial charge in [0, 0.05) is 28.7 Å². The minimum absolute atomic E-state index is 0.00943. The lowest BCUT2D eigenvalue weighted by molar-refractivity contribution is -0.141. The molecule has 0 saturated carbocycles. The Labute approximate surface area is 196 Å². The summed E-state index contributed by atoms with van der Waals surface area (Å²) in [6.45, 7) is -1.01. The van der Waals surface area contributed by atoms with Gasteiger partial charge in [0.2, 0.25) is 5.72 Å². The highest BCUT2D eigenvalue weighted by Crippen LogP contribution is 2.39. The Morgan fingerprint density at radius 1 is 1.49 bits per heavy atom. The second-order valence-corrected chi connectivity index (χ2v) is 7.90. The van der Waals surface area contributed by atoms with Crippen molar-refractivity contribution in [1.29, 1.82) is 0 Å². The number of halogens is 1. The molecule has 1 aromatic carbocycles. The minimum Gasteiger partial charge on any atom is -0.467 e. The number of carbonyl (C=O) groups excluding carboxylic acids is 1. The van der Waals surface area contributed by atoms with E-state index in [0.29, 0.717) is 0 Å². The SMILES string of the molecule is COC(=O)[C@H](Cc1cc2ccccc2[nH]1)Nc1ccn(C2O[C@@](CO)(N=[N+]=[N-])C(O)[C@@H]2F)c(=O)n1. The number of hydrogen-bond acceptors (Lipinski definition) is 9. The van der Waals surface area contributed by atoms with Gasteiger partial charge in [-0.25, -0.2) is 14.0 Å². The van der Waals surface area contributed by atoms with Gasteiger partial charge in [0.25, 0.3) is 0 Å². The maximum Gasteiger partial charge on any atom is 0.351 e. The number of benzene rings is 1. The summed E-state index contributed by atoms with van der Waals surface area (Å²) in [5, 5.41) is 26.5. The number of nitrogens with one attached hydrogen (secondary N) is 2. The lowest BCUT2D eigenvalue weighted by Gasteiger charge is -2.23. The predicted molar refractivity (Wildman–Crippen MR) is 120 cm³/mol. The highest BCUT2D eigenvalue weighted by molar-refractivity contribution is 5.82. The highest BCUT2D eigenvalue weighted by Gasteiger charge is 2.56. The fourth-order valence-electron chi connectivity index (χ4n) is 3.94. The number of hydrogen-bond donors (Lipinski definition) is 4. The summed E-state index contributed by atoms with van der Waals surface area (Å²) < 4.78 is 25.6. The zero-order chi connectivity index (χ0) is 25.2. The normalized spacial score (nSPS) is 24.6. The van der Waals surface area contributed by atoms with Crippen LogP contribution in [0.25, 0.3) is 21.3 Å². The van der Waals surface area contributed by atoms with Gasteiger partial charge in [-0.15, -0.1) is 0 Å². The number of fused-ring (bicyclic) bond motifs is 1. The molecule has 1 saturated heterocycles. The molecule has 1 fully saturated rings. The van der Waals surface area contributed by atoms with Crippen LogP contribution in [-0.4, -0.2) is 68.5 Å². The van der Waals surface area contributed by atoms with E-state index in [1.54, 1.807) is 0 Å². The van der Waals surface area contributed by atoms with Gasteiger partial charge in [-0.1, -0.05) is 23.3 Å². The number of nitrogens with zero attached hydrogens (tertiary/aromatic N) is 5. The van der Waals surface area contributed by atoms with Crippen LogP contribution in [0.4, 0.5) is 10.2 Å². The Balaban J connectivity index is 1.56. The maximum absolute atomic E-state index is 14.7. The van der Waals surface area contributed by atoms with Crippen molar-refractivity contribution >= 4 is 22.7 Å². The van der Waals surface area contributed by atoms with E-state index < -0.39 is 48.5 Å². The van der Waals surface area contributed by atoms with E-state index in [4.69, 9.17) is 15.0 Å². The average molecular weight is 487 g/mol. The van der Waals surface area contributed by atoms with Crippen LogP contribution in [0, 0.1) is 0 Å². The largest absolute Gasteiger partial charge is 0.467 e. The first-order chi connectivity index (χ1) is 16.8. The van der Waals surface area contributed by atoms with Crippen LogP contribution in [0.1, 0.15) is 11.9 Å². The summed E-state index contributed by atoms with van der Waals surface area (Å²) in [4.78, 5) is 34.5. The number of methoxy groups -OCH3 is 1. The van der Waals surface area contributed by atoms with Gasteiger partial charge in [-0.2, -0.15) is 4.98 Å². The zero-order valence-corrected chi connectivity index (χ0v) is 18.4. The Morgan fingerprint density at radius 3 is 2.91 bits per heavy atom. The molecule has 3 aromatic rings. The van der Waals surface area contributed by atoms with Crippen LogP contribution >= 0.6 is 0 Å². The molecule has 4 N–H and O–H groups in total. The number of aliphatic hydroxyl groups is 2. The topological polar surface area (TPSA) is 187 Å². The molecular weight excluding hydrogens is 465 g/mol. The number of aromatic amines is 1. The Bertz CT molecular complexity index is 1310. The molecule has 3 heterocycles. The number of aliphatic hydroxyl groups excluding tert-OH is 2. The van der Waals surface area contributed by atoms with Crippen LogP contribution in [0.15, 0.2) is 52.5 Å². The van der Waals surface area contributed by atoms with E-state index in [0.717, 1.165) is 27.4 Å². The van der Waals surface area contributed by atoms with Gasteiger partial charge in [0.05, 0.1) is 13.7 Å². The van der Waals surface area contributed by atoms with E-state index in [9.17, 15) is 24.2 Å². The summed E-state index contributed by atoms with van der Waals surface area (Å²) in [5.74, 6) is -0.585. The fourth-order valence-corrected chi connectivity index (χ4v) is 3.94. The highest BCUT2D eigenvalue weighted by atomic mass is 19.1. The Morgan fingerprint density at radius 2 is 2.26 bits per heavy atom. The van der Waals surface area contributed by atoms with Gasteiger partial charge >= 0.3 is 11.7 Å². The van der Waals surface area contributed by atoms with Crippen molar-refractivity contribution in [2.45, 2.75) is 36.7 Å². The van der Waals surface area contributed by atoms with Crippen LogP contribution in [0.2, 0.25) is 0 Å². The standard InChI is InChI=1S/C21H22FN7O6/c1-34-19(32)14(9-12-8-11-4-2-3-5-13(11)24-12)25-15-6-7-29(20(33)26-15)18-16(22)17(31)21(10-30,35-18)27-28-23/h2-8,14,16-18,24,30-31H,9-10H2,1H3,(H,25,26,33)/t14-,16-,17?,18?,21+/m0/s1. The number of aromatic nitrogens is 3. The molecule has 13 nitrogen and oxygen atoms in total. The van der Waals surface area contributed by atoms with Crippen molar-refractivity contribution in [1.82, 2.24) is 14.5 Å². The molecular formula is C21H22FN7O6. The van der Waals surface area contributed by atoms with Crippen molar-refractivity contribution in [3.63, 3.8) is 0 Å². The molecule has 0 bridgehead atoms. The van der Waals surface area contributed by atoms with Crippen molar-refractivity contribution in [3.05, 3.63) is 69.2 Å². The third kappa shape index (κ3) is 4.55. The maximum atomic E-state index is 14.7. The molecule has 2 unspecified atom stereocenters. The average Bonchev–Trinajstić information content (AvgIpc) is 3.37. The molecule has 1 aliphatic rings. The van der Waals surface area contributed by atoms with Crippen molar-refractivity contribution in [2.24, 2.45) is 5.11 Å². The van der Waals surface area contributed by atoms with Crippen LogP contribution in [0.5, 0.6) is 0 Å². The number of rotatable bonds is 8. The molecule has 184 valence electrons. The van der Waals surface area contributed by atoms with Crippen LogP contribution in [-0.2, 0) is 20.7 Å². The number of para-hydroxylation sites is 1. The van der Waals surface area contributed by atoms with Gasteiger partial charge < -0.3 is 30.0 Å². The number of anilines is 1. The number of carbonyl (C=O) groups is 1. The smallest absolute Gasteiger partial charge is 0.351 e. The molecule has 0 aliphatic carbocycles. The lowest BCUT2D eigenvalue weighted by atomic mass is 10.1. The zero-order valence-electron chi connectivity index (χ0n) is 18.4. The Kier molecular flexibility index (Phi) is 6.71. The minimum atomic E-state index is -2.29. The van der Waals surface area contributed by atoms with E-state index in [2.05, 4.69) is 25.3 Å². The summed E-state index contributed by atoms with van der Waals surface area (Å²) in [7, 11) is 1.23. The van der Waals surface area contributed by atoms with E-state index >= 15 is 0 Å². The van der Waals surface area contributed by atoms with Gasteiger partial charge in [0.15, 0.2) is 12.4 Å². The molecule has 0 amide bonds. The van der Waals surface area contributed by atoms with Gasteiger partial charge in [0.1, 0.15) is 18.0 Å². The van der Waals surface area contributed by atoms with Crippen LogP contribution in [0.3, 0.4) is 0 Å². The molecule has 0 spiro atoms. The summed E-state index contributed by atoms with van der Waals surface area (Å²) in [6.07, 6.45) is -4.59. The summed E-state index contributed by atoms with van der Waals surface area (Å²) in [5.41, 5.74) is 7.05. The van der Waals surface area contributed by atoms with E-state index in [-0.39, 0.29) is 12.2 Å². The predicted octanol–water partition coefficient (Wildman–Crippen LogP) is 1.15. The quantitative estimate of drug-likeness (QED) is 0.158. The number of ether oxygens (including phenoxy) is 2. The lowest BCUT2D eigenvalue weighted by Crippen LogP contribution is -2.43. The van der Waals surface area contributed by atoms with Crippen molar-refractivity contribution in [2.75, 3.05) is 19.0 Å². The first kappa shape index (κ1) is 24.2. The molecule has 14 heteroatoms. The number of esters is 1. The third-order valence-corrected chi connectivity index (χ3v) is 5.72. The second kappa shape index (κ2) is 9.72. The third-order valence-electron chi connectivity index (χ3n) is 5.72. The van der Waals surface area contributed by atoms with Gasteiger partial charge in [-0.05, 0) is 29.1 Å². The molecule has 5 atom stereocenters. The number of alkyl halides is 1. The first-order valence-electron chi connectivity index (χ1n) is 10.5. The molecule has 35 heavy (non-hydrogen) atoms. The van der Waals surface area contributed by atoms with Gasteiger partial charge in [-0.3, -0.25) is 4.57 Å². The first-order valence-corrected chi connectivity index (χ1v) is 10.5. The molecule has 0 radical (unpaired) electrons. The number of azide groups is 1. The second-order valence-electron chi connectivity index (χ2n) is 7.90. The van der Waals surface area contributed by atoms with Crippen molar-refractivity contribution in [3.8, 4) is 0 Å². The van der Waals surface area contributed by atoms with Crippen molar-refractivity contribution < 1.29 is 28.9 Å². The molecule has 4 rings (SSSR count). The monoisotopic (exact) mass is 487 g/mol. The number of H-pyrrole nitrogens is 1. The molecule has 1 aliphatic heterocycles. The Hall–Kier alpha value is -3.97. The fraction of sp³-hybridized carbons (Fsp3) is 0.381. The van der Waals surface area contributed by atoms with E-state index in [1.165, 1.54) is 13.2 Å². The molecule has 2 aromatic heterocycles. The summed E-state index contributed by atoms with van der Waals surface area (Å²) >= 11 is 0. The van der Waals surface area contributed by atoms with E-state index in [1.807, 2.05) is 30.3 Å². The summed E-state index contributed by atoms with van der Waals surface area (Å²) in [6, 6.07) is 9.88. The van der Waals surface area contributed by atoms with Crippen LogP contribution < -0.4 is 11.0 Å².